The van der Waals surface area contributed by atoms with Crippen molar-refractivity contribution in [2.75, 3.05) is 7.05 Å². The minimum atomic E-state index is 0.156. The highest BCUT2D eigenvalue weighted by atomic mass is 79.9. The molecule has 5 heteroatoms. The third-order valence-electron chi connectivity index (χ3n) is 2.90. The maximum absolute atomic E-state index is 6.06. The van der Waals surface area contributed by atoms with Gasteiger partial charge in [-0.2, -0.15) is 0 Å². The van der Waals surface area contributed by atoms with Crippen LogP contribution < -0.4 is 5.32 Å². The Morgan fingerprint density at radius 1 is 1.21 bits per heavy atom. The molecule has 1 unspecified atom stereocenters. The summed E-state index contributed by atoms with van der Waals surface area (Å²) in [7, 11) is 1.92. The summed E-state index contributed by atoms with van der Waals surface area (Å²) in [6, 6.07) is 9.84. The molecule has 1 N–H and O–H groups in total. The molecule has 2 aromatic rings. The topological polar surface area (TPSA) is 24.9 Å². The zero-order valence-corrected chi connectivity index (χ0v) is 13.4. The Bertz CT molecular complexity index is 558. The Morgan fingerprint density at radius 2 is 2.00 bits per heavy atom. The van der Waals surface area contributed by atoms with Crippen LogP contribution in [0.4, 0.5) is 0 Å². The van der Waals surface area contributed by atoms with Gasteiger partial charge < -0.3 is 5.32 Å². The van der Waals surface area contributed by atoms with E-state index in [0.29, 0.717) is 10.0 Å². The van der Waals surface area contributed by atoms with E-state index in [0.717, 1.165) is 22.2 Å². The van der Waals surface area contributed by atoms with Crippen LogP contribution in [0.2, 0.25) is 10.0 Å². The van der Waals surface area contributed by atoms with Gasteiger partial charge >= 0.3 is 0 Å². The molecule has 0 fully saturated rings. The molecule has 0 aliphatic rings. The Hall–Kier alpha value is -0.610. The molecule has 2 nitrogen and oxygen atoms in total. The van der Waals surface area contributed by atoms with E-state index >= 15 is 0 Å². The molecule has 0 aliphatic heterocycles. The third kappa shape index (κ3) is 3.93. The number of likely N-dealkylation sites (N-methyl/N-ethyl adjacent to an activating group) is 1. The number of hydrogen-bond donors (Lipinski definition) is 1. The van der Waals surface area contributed by atoms with Crippen LogP contribution in [0.1, 0.15) is 17.3 Å². The minimum Gasteiger partial charge on any atom is -0.313 e. The average molecular weight is 360 g/mol. The Kier molecular flexibility index (Phi) is 5.22. The van der Waals surface area contributed by atoms with Gasteiger partial charge in [-0.1, -0.05) is 29.3 Å². The van der Waals surface area contributed by atoms with Crippen LogP contribution in [0.3, 0.4) is 0 Å². The fourth-order valence-corrected chi connectivity index (χ4v) is 2.39. The number of halogens is 3. The number of nitrogens with one attached hydrogen (secondary N) is 1. The monoisotopic (exact) mass is 358 g/mol. The number of benzene rings is 1. The molecule has 0 bridgehead atoms. The van der Waals surface area contributed by atoms with Gasteiger partial charge in [-0.3, -0.25) is 4.98 Å². The predicted molar refractivity (Wildman–Crippen MR) is 83.9 cm³/mol. The molecule has 1 heterocycles. The summed E-state index contributed by atoms with van der Waals surface area (Å²) in [5.41, 5.74) is 2.12. The lowest BCUT2D eigenvalue weighted by atomic mass is 10.0. The Labute approximate surface area is 131 Å². The van der Waals surface area contributed by atoms with Crippen LogP contribution in [-0.2, 0) is 6.42 Å². The molecule has 0 aliphatic carbocycles. The molecule has 0 spiro atoms. The molecule has 100 valence electrons. The zero-order valence-electron chi connectivity index (χ0n) is 10.3. The maximum Gasteiger partial charge on any atom is 0.0595 e. The second kappa shape index (κ2) is 6.71. The highest BCUT2D eigenvalue weighted by molar-refractivity contribution is 9.10. The van der Waals surface area contributed by atoms with Gasteiger partial charge in [0.05, 0.1) is 10.0 Å². The van der Waals surface area contributed by atoms with Crippen molar-refractivity contribution in [3.05, 3.63) is 62.3 Å². The predicted octanol–water partition coefficient (Wildman–Crippen LogP) is 4.65. The van der Waals surface area contributed by atoms with E-state index in [2.05, 4.69) is 26.2 Å². The molecular weight excluding hydrogens is 347 g/mol. The fraction of sp³-hybridized carbons (Fsp3) is 0.214. The number of pyridine rings is 1. The van der Waals surface area contributed by atoms with Crippen molar-refractivity contribution < 1.29 is 0 Å². The quantitative estimate of drug-likeness (QED) is 0.859. The fourth-order valence-electron chi connectivity index (χ4n) is 1.85. The van der Waals surface area contributed by atoms with E-state index in [-0.39, 0.29) is 6.04 Å². The smallest absolute Gasteiger partial charge is 0.0595 e. The standard InChI is InChI=1S/C14H13BrCl2N2/c1-18-14(7-11-4-3-10(15)8-19-11)9-2-5-12(16)13(17)6-9/h2-6,8,14,18H,7H2,1H3. The van der Waals surface area contributed by atoms with Crippen LogP contribution in [0.5, 0.6) is 0 Å². The normalized spacial score (nSPS) is 12.4. The van der Waals surface area contributed by atoms with Gasteiger partial charge in [0, 0.05) is 28.8 Å². The Morgan fingerprint density at radius 3 is 2.58 bits per heavy atom. The lowest BCUT2D eigenvalue weighted by Crippen LogP contribution is -2.19. The van der Waals surface area contributed by atoms with Gasteiger partial charge in [0.1, 0.15) is 0 Å². The molecule has 0 radical (unpaired) electrons. The number of rotatable bonds is 4. The second-order valence-corrected chi connectivity index (χ2v) is 5.92. The summed E-state index contributed by atoms with van der Waals surface area (Å²) < 4.78 is 0.979. The Balaban J connectivity index is 2.19. The molecular formula is C14H13BrCl2N2. The summed E-state index contributed by atoms with van der Waals surface area (Å²) in [5, 5.41) is 4.42. The first-order chi connectivity index (χ1) is 9.10. The molecule has 2 rings (SSSR count). The lowest BCUT2D eigenvalue weighted by Gasteiger charge is -2.17. The van der Waals surface area contributed by atoms with Crippen LogP contribution in [0, 0.1) is 0 Å². The zero-order chi connectivity index (χ0) is 13.8. The maximum atomic E-state index is 6.06. The SMILES string of the molecule is CNC(Cc1ccc(Br)cn1)c1ccc(Cl)c(Cl)c1. The molecule has 0 saturated carbocycles. The van der Waals surface area contributed by atoms with Crippen molar-refractivity contribution in [2.45, 2.75) is 12.5 Å². The summed E-state index contributed by atoms with van der Waals surface area (Å²) in [6.07, 6.45) is 2.60. The summed E-state index contributed by atoms with van der Waals surface area (Å²) in [4.78, 5) is 4.39. The first-order valence-corrected chi connectivity index (χ1v) is 7.37. The number of nitrogens with zero attached hydrogens (tertiary/aromatic N) is 1. The van der Waals surface area contributed by atoms with Crippen molar-refractivity contribution in [3.8, 4) is 0 Å². The van der Waals surface area contributed by atoms with Gasteiger partial charge in [-0.15, -0.1) is 0 Å². The van der Waals surface area contributed by atoms with Crippen molar-refractivity contribution in [1.29, 1.82) is 0 Å². The van der Waals surface area contributed by atoms with Gasteiger partial charge in [-0.25, -0.2) is 0 Å². The van der Waals surface area contributed by atoms with Crippen LogP contribution >= 0.6 is 39.1 Å². The average Bonchev–Trinajstić information content (AvgIpc) is 2.41. The molecule has 0 saturated heterocycles. The van der Waals surface area contributed by atoms with E-state index in [1.807, 2.05) is 37.4 Å². The molecule has 1 aromatic carbocycles. The minimum absolute atomic E-state index is 0.156. The van der Waals surface area contributed by atoms with Crippen LogP contribution in [0.25, 0.3) is 0 Å². The summed E-state index contributed by atoms with van der Waals surface area (Å²) in [6.45, 7) is 0. The van der Waals surface area contributed by atoms with Crippen molar-refractivity contribution >= 4 is 39.1 Å². The van der Waals surface area contributed by atoms with E-state index in [4.69, 9.17) is 23.2 Å². The van der Waals surface area contributed by atoms with Crippen LogP contribution in [-0.4, -0.2) is 12.0 Å². The first-order valence-electron chi connectivity index (χ1n) is 5.83. The summed E-state index contributed by atoms with van der Waals surface area (Å²) in [5.74, 6) is 0. The van der Waals surface area contributed by atoms with E-state index < -0.39 is 0 Å². The van der Waals surface area contributed by atoms with Gasteiger partial charge in [0.2, 0.25) is 0 Å². The van der Waals surface area contributed by atoms with E-state index in [1.54, 1.807) is 6.20 Å². The second-order valence-electron chi connectivity index (χ2n) is 4.19. The molecule has 1 atom stereocenters. The van der Waals surface area contributed by atoms with Gasteiger partial charge in [0.15, 0.2) is 0 Å². The highest BCUT2D eigenvalue weighted by Crippen LogP contribution is 2.27. The van der Waals surface area contributed by atoms with Crippen molar-refractivity contribution in [1.82, 2.24) is 10.3 Å². The number of aromatic nitrogens is 1. The van der Waals surface area contributed by atoms with Gasteiger partial charge in [-0.05, 0) is 52.8 Å². The highest BCUT2D eigenvalue weighted by Gasteiger charge is 2.12. The summed E-state index contributed by atoms with van der Waals surface area (Å²) >= 11 is 15.4. The largest absolute Gasteiger partial charge is 0.313 e. The van der Waals surface area contributed by atoms with E-state index in [9.17, 15) is 0 Å². The first kappa shape index (κ1) is 14.8. The van der Waals surface area contributed by atoms with E-state index in [1.165, 1.54) is 0 Å². The molecule has 19 heavy (non-hydrogen) atoms. The third-order valence-corrected chi connectivity index (χ3v) is 4.10. The van der Waals surface area contributed by atoms with Crippen LogP contribution in [0.15, 0.2) is 41.0 Å². The number of hydrogen-bond acceptors (Lipinski definition) is 2. The van der Waals surface area contributed by atoms with Crippen molar-refractivity contribution in [3.63, 3.8) is 0 Å². The molecule has 0 amide bonds. The van der Waals surface area contributed by atoms with Crippen molar-refractivity contribution in [2.24, 2.45) is 0 Å². The molecule has 1 aromatic heterocycles. The lowest BCUT2D eigenvalue weighted by molar-refractivity contribution is 0.584. The van der Waals surface area contributed by atoms with Gasteiger partial charge in [0.25, 0.3) is 0 Å².